The Morgan fingerprint density at radius 3 is 2.32 bits per heavy atom. The predicted molar refractivity (Wildman–Crippen MR) is 96.4 cm³/mol. The summed E-state index contributed by atoms with van der Waals surface area (Å²) in [4.78, 5) is 23.5. The fourth-order valence-electron chi connectivity index (χ4n) is 4.28. The van der Waals surface area contributed by atoms with Gasteiger partial charge in [-0.1, -0.05) is 6.07 Å². The largest absolute Gasteiger partial charge is 0.478 e. The molecule has 128 valence electrons. The lowest BCUT2D eigenvalue weighted by atomic mass is 9.73. The number of rotatable bonds is 3. The van der Waals surface area contributed by atoms with Crippen molar-refractivity contribution < 1.29 is 14.7 Å². The number of carboxylic acid groups (broad SMARTS) is 1. The summed E-state index contributed by atoms with van der Waals surface area (Å²) >= 11 is 0. The first-order valence-electron chi connectivity index (χ1n) is 8.93. The number of aryl methyl sites for hydroxylation is 1. The van der Waals surface area contributed by atoms with Gasteiger partial charge in [-0.2, -0.15) is 0 Å². The standard InChI is InChI=1S/C21H21NO3/c23-20(15-7-9-16(10-8-15)21(24)25)22-18-12-11-14-4-1-3-13-5-2-6-17(18)19(13)14/h7-13H,1-6H2,(H,22,23)(H,24,25). The molecule has 0 aliphatic heterocycles. The van der Waals surface area contributed by atoms with Crippen LogP contribution in [0.25, 0.3) is 0 Å². The van der Waals surface area contributed by atoms with E-state index in [0.717, 1.165) is 18.5 Å². The molecule has 0 saturated carbocycles. The zero-order valence-electron chi connectivity index (χ0n) is 14.0. The Labute approximate surface area is 146 Å². The van der Waals surface area contributed by atoms with E-state index in [-0.39, 0.29) is 11.5 Å². The first-order chi connectivity index (χ1) is 12.1. The van der Waals surface area contributed by atoms with E-state index in [0.29, 0.717) is 11.5 Å². The smallest absolute Gasteiger partial charge is 0.335 e. The summed E-state index contributed by atoms with van der Waals surface area (Å²) in [5.74, 6) is -0.526. The highest BCUT2D eigenvalue weighted by molar-refractivity contribution is 6.05. The van der Waals surface area contributed by atoms with Crippen molar-refractivity contribution in [1.82, 2.24) is 0 Å². The third-order valence-corrected chi connectivity index (χ3v) is 5.48. The molecule has 1 unspecified atom stereocenters. The van der Waals surface area contributed by atoms with Crippen LogP contribution in [0.15, 0.2) is 36.4 Å². The summed E-state index contributed by atoms with van der Waals surface area (Å²) in [5.41, 5.74) is 5.82. The third kappa shape index (κ3) is 2.93. The summed E-state index contributed by atoms with van der Waals surface area (Å²) in [5, 5.41) is 12.0. The van der Waals surface area contributed by atoms with Crippen LogP contribution in [0.5, 0.6) is 0 Å². The number of amides is 1. The first-order valence-corrected chi connectivity index (χ1v) is 8.93. The lowest BCUT2D eigenvalue weighted by molar-refractivity contribution is 0.0696. The van der Waals surface area contributed by atoms with Crippen LogP contribution in [0.1, 0.15) is 69.0 Å². The average Bonchev–Trinajstić information content (AvgIpc) is 2.64. The minimum atomic E-state index is -0.989. The van der Waals surface area contributed by atoms with Crippen LogP contribution < -0.4 is 5.32 Å². The molecule has 0 heterocycles. The van der Waals surface area contributed by atoms with E-state index >= 15 is 0 Å². The summed E-state index contributed by atoms with van der Waals surface area (Å²) in [7, 11) is 0. The van der Waals surface area contributed by atoms with Crippen molar-refractivity contribution >= 4 is 17.6 Å². The van der Waals surface area contributed by atoms with Gasteiger partial charge in [0.2, 0.25) is 0 Å². The zero-order valence-corrected chi connectivity index (χ0v) is 14.0. The Morgan fingerprint density at radius 2 is 1.60 bits per heavy atom. The number of nitrogens with one attached hydrogen (secondary N) is 1. The van der Waals surface area contributed by atoms with Crippen molar-refractivity contribution in [3.05, 3.63) is 64.2 Å². The topological polar surface area (TPSA) is 66.4 Å². The number of benzene rings is 2. The Hall–Kier alpha value is -2.62. The van der Waals surface area contributed by atoms with Crippen molar-refractivity contribution in [2.45, 2.75) is 44.4 Å². The number of carbonyl (C=O) groups is 2. The third-order valence-electron chi connectivity index (χ3n) is 5.48. The van der Waals surface area contributed by atoms with Crippen molar-refractivity contribution in [3.63, 3.8) is 0 Å². The van der Waals surface area contributed by atoms with Crippen LogP contribution in [0.3, 0.4) is 0 Å². The molecule has 4 rings (SSSR count). The van der Waals surface area contributed by atoms with Crippen molar-refractivity contribution in [3.8, 4) is 0 Å². The van der Waals surface area contributed by atoms with Gasteiger partial charge in [0.1, 0.15) is 0 Å². The molecule has 0 spiro atoms. The highest BCUT2D eigenvalue weighted by Crippen LogP contribution is 2.43. The molecule has 0 aromatic heterocycles. The van der Waals surface area contributed by atoms with Crippen LogP contribution >= 0.6 is 0 Å². The van der Waals surface area contributed by atoms with Crippen molar-refractivity contribution in [1.29, 1.82) is 0 Å². The molecular weight excluding hydrogens is 314 g/mol. The van der Waals surface area contributed by atoms with Crippen LogP contribution in [0.4, 0.5) is 5.69 Å². The molecule has 2 aromatic carbocycles. The maximum atomic E-state index is 12.6. The molecule has 4 nitrogen and oxygen atoms in total. The lowest BCUT2D eigenvalue weighted by Gasteiger charge is -2.33. The van der Waals surface area contributed by atoms with Gasteiger partial charge >= 0.3 is 5.97 Å². The van der Waals surface area contributed by atoms with Crippen LogP contribution in [0.2, 0.25) is 0 Å². The SMILES string of the molecule is O=C(O)c1ccc(C(=O)Nc2ccc3c4c2CCCC4CCC3)cc1. The lowest BCUT2D eigenvalue weighted by Crippen LogP contribution is -2.21. The van der Waals surface area contributed by atoms with Gasteiger partial charge in [0.05, 0.1) is 5.56 Å². The van der Waals surface area contributed by atoms with Gasteiger partial charge in [-0.05, 0) is 91.5 Å². The quantitative estimate of drug-likeness (QED) is 0.874. The Balaban J connectivity index is 1.62. The molecule has 1 atom stereocenters. The van der Waals surface area contributed by atoms with Gasteiger partial charge in [0.15, 0.2) is 0 Å². The van der Waals surface area contributed by atoms with Gasteiger partial charge in [-0.3, -0.25) is 4.79 Å². The highest BCUT2D eigenvalue weighted by Gasteiger charge is 2.28. The summed E-state index contributed by atoms with van der Waals surface area (Å²) in [6.45, 7) is 0. The average molecular weight is 335 g/mol. The molecule has 2 aromatic rings. The molecule has 2 aliphatic rings. The normalized spacial score (nSPS) is 18.3. The van der Waals surface area contributed by atoms with Crippen molar-refractivity contribution in [2.75, 3.05) is 5.32 Å². The molecular formula is C21H21NO3. The van der Waals surface area contributed by atoms with E-state index in [1.807, 2.05) is 6.07 Å². The maximum Gasteiger partial charge on any atom is 0.335 e. The Kier molecular flexibility index (Phi) is 4.04. The molecule has 4 heteroatoms. The number of aromatic carboxylic acids is 1. The van der Waals surface area contributed by atoms with Gasteiger partial charge in [0, 0.05) is 11.3 Å². The highest BCUT2D eigenvalue weighted by atomic mass is 16.4. The van der Waals surface area contributed by atoms with Gasteiger partial charge < -0.3 is 10.4 Å². The predicted octanol–water partition coefficient (Wildman–Crippen LogP) is 4.39. The molecule has 0 bridgehead atoms. The van der Waals surface area contributed by atoms with Crippen LogP contribution in [0, 0.1) is 0 Å². The number of carboxylic acids is 1. The zero-order chi connectivity index (χ0) is 17.4. The summed E-state index contributed by atoms with van der Waals surface area (Å²) in [6.07, 6.45) is 7.12. The molecule has 0 fully saturated rings. The summed E-state index contributed by atoms with van der Waals surface area (Å²) in [6, 6.07) is 10.2. The number of hydrogen-bond acceptors (Lipinski definition) is 2. The first kappa shape index (κ1) is 15.9. The number of anilines is 1. The van der Waals surface area contributed by atoms with E-state index in [1.54, 1.807) is 12.1 Å². The number of carbonyl (C=O) groups excluding carboxylic acids is 1. The maximum absolute atomic E-state index is 12.6. The van der Waals surface area contributed by atoms with E-state index < -0.39 is 5.97 Å². The van der Waals surface area contributed by atoms with Gasteiger partial charge in [-0.25, -0.2) is 4.79 Å². The molecule has 0 saturated heterocycles. The molecule has 0 radical (unpaired) electrons. The minimum Gasteiger partial charge on any atom is -0.478 e. The second-order valence-electron chi connectivity index (χ2n) is 6.98. The van der Waals surface area contributed by atoms with Gasteiger partial charge in [0.25, 0.3) is 5.91 Å². The van der Waals surface area contributed by atoms with E-state index in [4.69, 9.17) is 5.11 Å². The van der Waals surface area contributed by atoms with Crippen LogP contribution in [-0.2, 0) is 12.8 Å². The van der Waals surface area contributed by atoms with E-state index in [1.165, 1.54) is 54.5 Å². The molecule has 2 aliphatic carbocycles. The Morgan fingerprint density at radius 1 is 0.920 bits per heavy atom. The second kappa shape index (κ2) is 6.36. The van der Waals surface area contributed by atoms with E-state index in [9.17, 15) is 9.59 Å². The minimum absolute atomic E-state index is 0.184. The van der Waals surface area contributed by atoms with E-state index in [2.05, 4.69) is 11.4 Å². The fraction of sp³-hybridized carbons (Fsp3) is 0.333. The van der Waals surface area contributed by atoms with Crippen molar-refractivity contribution in [2.24, 2.45) is 0 Å². The number of hydrogen-bond donors (Lipinski definition) is 2. The fourth-order valence-corrected chi connectivity index (χ4v) is 4.28. The Bertz CT molecular complexity index is 837. The molecule has 2 N–H and O–H groups in total. The summed E-state index contributed by atoms with van der Waals surface area (Å²) < 4.78 is 0. The molecule has 1 amide bonds. The molecule has 25 heavy (non-hydrogen) atoms. The second-order valence-corrected chi connectivity index (χ2v) is 6.98. The monoisotopic (exact) mass is 335 g/mol. The van der Waals surface area contributed by atoms with Crippen LogP contribution in [-0.4, -0.2) is 17.0 Å². The van der Waals surface area contributed by atoms with Gasteiger partial charge in [-0.15, -0.1) is 0 Å².